The molecule has 0 aliphatic carbocycles. The van der Waals surface area contributed by atoms with Gasteiger partial charge in [0.05, 0.1) is 6.61 Å². The average Bonchev–Trinajstić information content (AvgIpc) is 2.71. The number of rotatable bonds is 4. The van der Waals surface area contributed by atoms with E-state index in [1.54, 1.807) is 0 Å². The summed E-state index contributed by atoms with van der Waals surface area (Å²) in [5, 5.41) is 18.4. The van der Waals surface area contributed by atoms with Crippen LogP contribution in [0.25, 0.3) is 0 Å². The maximum Gasteiger partial charge on any atom is 0.351 e. The number of ether oxygens (including phenoxy) is 1. The average molecular weight is 272 g/mol. The molecule has 0 unspecified atom stereocenters. The molecule has 1 aromatic heterocycles. The van der Waals surface area contributed by atoms with E-state index in [9.17, 15) is 14.9 Å². The second-order valence-corrected chi connectivity index (χ2v) is 3.96. The molecule has 0 aromatic carbocycles. The van der Waals surface area contributed by atoms with E-state index in [0.29, 0.717) is 0 Å². The molecular formula is C9H12N4O6. The summed E-state index contributed by atoms with van der Waals surface area (Å²) >= 11 is 0. The zero-order chi connectivity index (χ0) is 14.0. The van der Waals surface area contributed by atoms with Crippen LogP contribution in [0.2, 0.25) is 0 Å². The smallest absolute Gasteiger partial charge is 0.351 e. The summed E-state index contributed by atoms with van der Waals surface area (Å²) in [4.78, 5) is 29.9. The Bertz CT molecular complexity index is 532. The molecule has 10 nitrogen and oxygen atoms in total. The first-order chi connectivity index (χ1) is 9.01. The molecule has 0 bridgehead atoms. The van der Waals surface area contributed by atoms with E-state index in [-0.39, 0.29) is 12.2 Å². The summed E-state index contributed by atoms with van der Waals surface area (Å²) in [7, 11) is 0. The van der Waals surface area contributed by atoms with Crippen molar-refractivity contribution in [1.29, 1.82) is 0 Å². The van der Waals surface area contributed by atoms with Gasteiger partial charge < -0.3 is 20.4 Å². The van der Waals surface area contributed by atoms with E-state index in [1.807, 2.05) is 0 Å². The molecule has 2 heterocycles. The van der Waals surface area contributed by atoms with Gasteiger partial charge in [0.15, 0.2) is 0 Å². The van der Waals surface area contributed by atoms with Crippen molar-refractivity contribution in [3.05, 3.63) is 32.9 Å². The second kappa shape index (κ2) is 5.20. The number of nitrogens with zero attached hydrogens (tertiary/aromatic N) is 3. The first kappa shape index (κ1) is 13.2. The summed E-state index contributed by atoms with van der Waals surface area (Å²) in [6.45, 7) is -0.452. The first-order valence-electron chi connectivity index (χ1n) is 5.43. The van der Waals surface area contributed by atoms with Gasteiger partial charge in [-0.2, -0.15) is 4.98 Å². The van der Waals surface area contributed by atoms with Crippen molar-refractivity contribution in [2.45, 2.75) is 24.9 Å². The number of aliphatic hydroxyl groups is 1. The molecule has 0 amide bonds. The lowest BCUT2D eigenvalue weighted by Gasteiger charge is -2.14. The Labute approximate surface area is 106 Å². The molecule has 19 heavy (non-hydrogen) atoms. The number of aliphatic hydroxyl groups excluding tert-OH is 1. The summed E-state index contributed by atoms with van der Waals surface area (Å²) in [5.74, 6) is 0.0658. The highest BCUT2D eigenvalue weighted by atomic mass is 17.0. The largest absolute Gasteiger partial charge is 0.394 e. The van der Waals surface area contributed by atoms with Gasteiger partial charge in [0.25, 0.3) is 5.09 Å². The molecule has 104 valence electrons. The normalized spacial score (nSPS) is 26.3. The standard InChI is InChI=1S/C9H12N4O6/c10-7-1-2-12(9(15)11-7)8-3-5(19-13(16)17)6(4-14)18-8/h1-2,5-6,8,14H,3-4H2,(H2,10,11,15)/t5-,6+,8+/m0/s1. The lowest BCUT2D eigenvalue weighted by molar-refractivity contribution is -0.769. The molecule has 3 N–H and O–H groups in total. The minimum Gasteiger partial charge on any atom is -0.394 e. The van der Waals surface area contributed by atoms with E-state index < -0.39 is 35.8 Å². The maximum atomic E-state index is 11.6. The van der Waals surface area contributed by atoms with E-state index >= 15 is 0 Å². The number of nitrogen functional groups attached to an aromatic ring is 1. The van der Waals surface area contributed by atoms with Crippen LogP contribution in [0.1, 0.15) is 12.6 Å². The maximum absolute atomic E-state index is 11.6. The fourth-order valence-electron chi connectivity index (χ4n) is 1.90. The lowest BCUT2D eigenvalue weighted by atomic mass is 10.2. The van der Waals surface area contributed by atoms with Crippen LogP contribution < -0.4 is 11.4 Å². The van der Waals surface area contributed by atoms with Crippen molar-refractivity contribution in [1.82, 2.24) is 9.55 Å². The van der Waals surface area contributed by atoms with Crippen LogP contribution in [0.4, 0.5) is 5.82 Å². The quantitative estimate of drug-likeness (QED) is 0.507. The third kappa shape index (κ3) is 2.80. The Kier molecular flexibility index (Phi) is 3.62. The van der Waals surface area contributed by atoms with Gasteiger partial charge in [0, 0.05) is 12.6 Å². The minimum absolute atomic E-state index is 0.0533. The Balaban J connectivity index is 2.19. The van der Waals surface area contributed by atoms with E-state index in [0.717, 1.165) is 4.57 Å². The Hall–Kier alpha value is -2.20. The van der Waals surface area contributed by atoms with E-state index in [1.165, 1.54) is 12.3 Å². The van der Waals surface area contributed by atoms with Crippen molar-refractivity contribution in [3.63, 3.8) is 0 Å². The zero-order valence-electron chi connectivity index (χ0n) is 9.71. The highest BCUT2D eigenvalue weighted by Crippen LogP contribution is 2.29. The molecule has 1 aromatic rings. The van der Waals surface area contributed by atoms with Crippen LogP contribution in [-0.2, 0) is 9.57 Å². The van der Waals surface area contributed by atoms with Gasteiger partial charge in [-0.05, 0) is 6.07 Å². The van der Waals surface area contributed by atoms with Crippen molar-refractivity contribution in [2.75, 3.05) is 12.3 Å². The van der Waals surface area contributed by atoms with Gasteiger partial charge in [-0.1, -0.05) is 0 Å². The van der Waals surface area contributed by atoms with Gasteiger partial charge >= 0.3 is 5.69 Å². The third-order valence-electron chi connectivity index (χ3n) is 2.74. The van der Waals surface area contributed by atoms with E-state index in [2.05, 4.69) is 9.82 Å². The van der Waals surface area contributed by atoms with Crippen molar-refractivity contribution < 1.29 is 19.8 Å². The summed E-state index contributed by atoms with van der Waals surface area (Å²) < 4.78 is 6.47. The predicted octanol–water partition coefficient (Wildman–Crippen LogP) is -1.32. The Morgan fingerprint density at radius 3 is 3.05 bits per heavy atom. The SMILES string of the molecule is Nc1ccn([C@H]2C[C@H](O[N+](=O)[O-])[C@@H](CO)O2)c(=O)n1. The molecule has 0 saturated carbocycles. The van der Waals surface area contributed by atoms with Crippen LogP contribution in [-0.4, -0.2) is 38.6 Å². The van der Waals surface area contributed by atoms with Gasteiger partial charge in [0.1, 0.15) is 24.3 Å². The molecule has 1 fully saturated rings. The fourth-order valence-corrected chi connectivity index (χ4v) is 1.90. The molecule has 3 atom stereocenters. The van der Waals surface area contributed by atoms with Crippen LogP contribution in [0.3, 0.4) is 0 Å². The number of hydrogen-bond acceptors (Lipinski definition) is 8. The monoisotopic (exact) mass is 272 g/mol. The molecule has 1 saturated heterocycles. The minimum atomic E-state index is -0.955. The molecule has 1 aliphatic heterocycles. The van der Waals surface area contributed by atoms with Crippen LogP contribution >= 0.6 is 0 Å². The summed E-state index contributed by atoms with van der Waals surface area (Å²) in [6.07, 6.45) is -1.17. The van der Waals surface area contributed by atoms with Crippen molar-refractivity contribution >= 4 is 5.82 Å². The second-order valence-electron chi connectivity index (χ2n) is 3.96. The van der Waals surface area contributed by atoms with Gasteiger partial charge in [-0.25, -0.2) is 4.79 Å². The molecule has 10 heteroatoms. The number of aromatic nitrogens is 2. The number of hydrogen-bond donors (Lipinski definition) is 2. The number of anilines is 1. The molecule has 0 radical (unpaired) electrons. The lowest BCUT2D eigenvalue weighted by Crippen LogP contribution is -2.29. The topological polar surface area (TPSA) is 143 Å². The Morgan fingerprint density at radius 2 is 2.47 bits per heavy atom. The number of nitrogens with two attached hydrogens (primary N) is 1. The summed E-state index contributed by atoms with van der Waals surface area (Å²) in [5.41, 5.74) is 4.72. The van der Waals surface area contributed by atoms with Crippen LogP contribution in [0, 0.1) is 10.1 Å². The zero-order valence-corrected chi connectivity index (χ0v) is 9.71. The van der Waals surface area contributed by atoms with Gasteiger partial charge in [-0.3, -0.25) is 4.57 Å². The molecule has 0 spiro atoms. The Morgan fingerprint density at radius 1 is 1.74 bits per heavy atom. The van der Waals surface area contributed by atoms with Crippen LogP contribution in [0.5, 0.6) is 0 Å². The first-order valence-corrected chi connectivity index (χ1v) is 5.43. The van der Waals surface area contributed by atoms with Crippen molar-refractivity contribution in [2.24, 2.45) is 0 Å². The van der Waals surface area contributed by atoms with Crippen LogP contribution in [0.15, 0.2) is 17.1 Å². The summed E-state index contributed by atoms with van der Waals surface area (Å²) in [6, 6.07) is 1.40. The highest BCUT2D eigenvalue weighted by Gasteiger charge is 2.38. The fraction of sp³-hybridized carbons (Fsp3) is 0.556. The van der Waals surface area contributed by atoms with E-state index in [4.69, 9.17) is 15.6 Å². The highest BCUT2D eigenvalue weighted by molar-refractivity contribution is 5.23. The third-order valence-corrected chi connectivity index (χ3v) is 2.74. The van der Waals surface area contributed by atoms with Crippen molar-refractivity contribution in [3.8, 4) is 0 Å². The van der Waals surface area contributed by atoms with Gasteiger partial charge in [0.2, 0.25) is 0 Å². The molecule has 2 rings (SSSR count). The molecule has 1 aliphatic rings. The van der Waals surface area contributed by atoms with Gasteiger partial charge in [-0.15, -0.1) is 10.1 Å². The molecular weight excluding hydrogens is 260 g/mol. The predicted molar refractivity (Wildman–Crippen MR) is 60.4 cm³/mol.